The van der Waals surface area contributed by atoms with Crippen molar-refractivity contribution >= 4 is 5.97 Å². The molecule has 23 heavy (non-hydrogen) atoms. The summed E-state index contributed by atoms with van der Waals surface area (Å²) in [4.78, 5) is 12.6. The molecule has 0 aromatic heterocycles. The largest absolute Gasteiger partial charge is 0.469 e. The summed E-state index contributed by atoms with van der Waals surface area (Å²) in [5.74, 6) is 1.28. The topological polar surface area (TPSA) is 26.3 Å². The summed E-state index contributed by atoms with van der Waals surface area (Å²) < 4.78 is 5.25. The van der Waals surface area contributed by atoms with Crippen molar-refractivity contribution in [3.8, 4) is 0 Å². The third kappa shape index (κ3) is 1.90. The van der Waals surface area contributed by atoms with Crippen molar-refractivity contribution in [3.05, 3.63) is 12.2 Å². The summed E-state index contributed by atoms with van der Waals surface area (Å²) in [7, 11) is 1.57. The summed E-state index contributed by atoms with van der Waals surface area (Å²) in [6, 6.07) is 0. The van der Waals surface area contributed by atoms with Gasteiger partial charge in [0.1, 0.15) is 0 Å². The van der Waals surface area contributed by atoms with E-state index >= 15 is 0 Å². The molecule has 4 aliphatic rings. The number of esters is 1. The molecule has 3 fully saturated rings. The molecule has 0 saturated heterocycles. The van der Waals surface area contributed by atoms with E-state index in [4.69, 9.17) is 4.74 Å². The summed E-state index contributed by atoms with van der Waals surface area (Å²) in [6.07, 6.45) is 15.1. The van der Waals surface area contributed by atoms with Crippen LogP contribution in [0.15, 0.2) is 12.2 Å². The molecule has 0 aromatic rings. The Kier molecular flexibility index (Phi) is 3.17. The van der Waals surface area contributed by atoms with Gasteiger partial charge in [0.2, 0.25) is 0 Å². The number of allylic oxidation sites excluding steroid dienone is 2. The molecule has 0 aromatic carbocycles. The lowest BCUT2D eigenvalue weighted by Crippen LogP contribution is -2.58. The van der Waals surface area contributed by atoms with Gasteiger partial charge >= 0.3 is 5.97 Å². The molecule has 128 valence electrons. The molecule has 2 bridgehead atoms. The summed E-state index contributed by atoms with van der Waals surface area (Å²) in [6.45, 7) is 7.15. The predicted molar refractivity (Wildman–Crippen MR) is 91.8 cm³/mol. The van der Waals surface area contributed by atoms with Gasteiger partial charge in [0.05, 0.1) is 12.5 Å². The number of fused-ring (bicyclic) bond motifs is 3. The zero-order valence-electron chi connectivity index (χ0n) is 15.3. The monoisotopic (exact) mass is 316 g/mol. The number of rotatable bonds is 1. The van der Waals surface area contributed by atoms with Crippen LogP contribution in [0.1, 0.15) is 72.1 Å². The molecule has 0 heterocycles. The Bertz CT molecular complexity index is 560. The molecular weight excluding hydrogens is 284 g/mol. The van der Waals surface area contributed by atoms with E-state index in [1.165, 1.54) is 44.9 Å². The fraction of sp³-hybridized carbons (Fsp3) is 0.857. The highest BCUT2D eigenvalue weighted by Crippen LogP contribution is 2.71. The van der Waals surface area contributed by atoms with Crippen molar-refractivity contribution in [1.29, 1.82) is 0 Å². The van der Waals surface area contributed by atoms with Crippen molar-refractivity contribution in [2.75, 3.05) is 7.11 Å². The molecule has 0 aliphatic heterocycles. The molecule has 0 unspecified atom stereocenters. The Hall–Kier alpha value is -0.790. The van der Waals surface area contributed by atoms with Crippen molar-refractivity contribution in [2.45, 2.75) is 72.1 Å². The number of carbonyl (C=O) groups excluding carboxylic acids is 1. The van der Waals surface area contributed by atoms with Gasteiger partial charge in [-0.25, -0.2) is 0 Å². The van der Waals surface area contributed by atoms with E-state index in [-0.39, 0.29) is 11.4 Å². The van der Waals surface area contributed by atoms with Crippen LogP contribution in [0.25, 0.3) is 0 Å². The van der Waals surface area contributed by atoms with Crippen LogP contribution in [0.5, 0.6) is 0 Å². The SMILES string of the molecule is COC(=O)[C@]1(C)CCC[C@@]2(C)[C@H]3CC[C@]4(C)C=C[C@@]3(CC[C@@H]21)C4. The lowest BCUT2D eigenvalue weighted by atomic mass is 9.40. The number of hydrogen-bond donors (Lipinski definition) is 0. The summed E-state index contributed by atoms with van der Waals surface area (Å²) in [5, 5.41) is 0. The van der Waals surface area contributed by atoms with Crippen LogP contribution in [-0.2, 0) is 9.53 Å². The van der Waals surface area contributed by atoms with Gasteiger partial charge < -0.3 is 4.74 Å². The minimum absolute atomic E-state index is 0.0342. The van der Waals surface area contributed by atoms with Gasteiger partial charge in [0.25, 0.3) is 0 Å². The fourth-order valence-corrected chi connectivity index (χ4v) is 7.61. The van der Waals surface area contributed by atoms with Gasteiger partial charge in [-0.2, -0.15) is 0 Å². The van der Waals surface area contributed by atoms with Crippen molar-refractivity contribution < 1.29 is 9.53 Å². The highest BCUT2D eigenvalue weighted by molar-refractivity contribution is 5.77. The molecule has 6 atom stereocenters. The Labute approximate surface area is 141 Å². The highest BCUT2D eigenvalue weighted by atomic mass is 16.5. The van der Waals surface area contributed by atoms with E-state index in [2.05, 4.69) is 32.9 Å². The van der Waals surface area contributed by atoms with Crippen LogP contribution in [-0.4, -0.2) is 13.1 Å². The van der Waals surface area contributed by atoms with Gasteiger partial charge in [-0.15, -0.1) is 0 Å². The Morgan fingerprint density at radius 3 is 2.48 bits per heavy atom. The van der Waals surface area contributed by atoms with E-state index in [1.807, 2.05) is 0 Å². The quantitative estimate of drug-likeness (QED) is 0.495. The summed E-state index contributed by atoms with van der Waals surface area (Å²) >= 11 is 0. The zero-order chi connectivity index (χ0) is 16.5. The Morgan fingerprint density at radius 1 is 1.00 bits per heavy atom. The van der Waals surface area contributed by atoms with E-state index in [0.717, 1.165) is 12.3 Å². The molecule has 4 aliphatic carbocycles. The first-order valence-corrected chi connectivity index (χ1v) is 9.57. The minimum Gasteiger partial charge on any atom is -0.469 e. The normalized spacial score (nSPS) is 54.3. The average Bonchev–Trinajstić information content (AvgIpc) is 2.76. The van der Waals surface area contributed by atoms with Crippen LogP contribution in [0.3, 0.4) is 0 Å². The molecule has 0 amide bonds. The third-order valence-electron chi connectivity index (χ3n) is 8.57. The van der Waals surface area contributed by atoms with Gasteiger partial charge in [0.15, 0.2) is 0 Å². The lowest BCUT2D eigenvalue weighted by Gasteiger charge is -2.64. The van der Waals surface area contributed by atoms with Gasteiger partial charge in [-0.3, -0.25) is 4.79 Å². The number of carbonyl (C=O) groups is 1. The molecule has 1 spiro atoms. The molecule has 2 heteroatoms. The zero-order valence-corrected chi connectivity index (χ0v) is 15.3. The fourth-order valence-electron chi connectivity index (χ4n) is 7.61. The van der Waals surface area contributed by atoms with Crippen LogP contribution in [0.2, 0.25) is 0 Å². The minimum atomic E-state index is -0.271. The van der Waals surface area contributed by atoms with Crippen molar-refractivity contribution in [3.63, 3.8) is 0 Å². The maximum Gasteiger partial charge on any atom is 0.311 e. The number of hydrogen-bond acceptors (Lipinski definition) is 2. The van der Waals surface area contributed by atoms with Crippen LogP contribution >= 0.6 is 0 Å². The first-order valence-electron chi connectivity index (χ1n) is 9.57. The van der Waals surface area contributed by atoms with Crippen LogP contribution < -0.4 is 0 Å². The molecule has 4 rings (SSSR count). The molecule has 0 N–H and O–H groups in total. The van der Waals surface area contributed by atoms with E-state index < -0.39 is 0 Å². The van der Waals surface area contributed by atoms with Gasteiger partial charge in [-0.05, 0) is 80.0 Å². The van der Waals surface area contributed by atoms with E-state index in [1.54, 1.807) is 7.11 Å². The van der Waals surface area contributed by atoms with Gasteiger partial charge in [-0.1, -0.05) is 32.4 Å². The first-order chi connectivity index (χ1) is 10.8. The average molecular weight is 316 g/mol. The van der Waals surface area contributed by atoms with Crippen molar-refractivity contribution in [1.82, 2.24) is 0 Å². The molecule has 2 nitrogen and oxygen atoms in total. The Balaban J connectivity index is 1.73. The maximum atomic E-state index is 12.6. The van der Waals surface area contributed by atoms with Crippen LogP contribution in [0.4, 0.5) is 0 Å². The number of methoxy groups -OCH3 is 1. The van der Waals surface area contributed by atoms with Crippen LogP contribution in [0, 0.1) is 33.5 Å². The smallest absolute Gasteiger partial charge is 0.311 e. The second-order valence-electron chi connectivity index (χ2n) is 9.85. The molecular formula is C21H32O2. The molecule has 3 saturated carbocycles. The predicted octanol–water partition coefficient (Wildman–Crippen LogP) is 5.13. The third-order valence-corrected chi connectivity index (χ3v) is 8.57. The second kappa shape index (κ2) is 4.64. The first kappa shape index (κ1) is 15.7. The highest BCUT2D eigenvalue weighted by Gasteiger charge is 2.65. The lowest BCUT2D eigenvalue weighted by molar-refractivity contribution is -0.182. The van der Waals surface area contributed by atoms with Crippen molar-refractivity contribution in [2.24, 2.45) is 33.5 Å². The second-order valence-corrected chi connectivity index (χ2v) is 9.85. The molecule has 0 radical (unpaired) electrons. The number of ether oxygens (including phenoxy) is 1. The van der Waals surface area contributed by atoms with E-state index in [0.29, 0.717) is 22.2 Å². The summed E-state index contributed by atoms with van der Waals surface area (Å²) in [5.41, 5.74) is 0.897. The Morgan fingerprint density at radius 2 is 1.74 bits per heavy atom. The standard InChI is InChI=1S/C21H32O2/c1-18-10-6-16-19(2)8-5-9-20(3,17(22)23-4)15(19)7-11-21(16,14-18)13-12-18/h12-13,15-16H,5-11,14H2,1-4H3/t15-,16+,18+,19+,20+,21-/m0/s1. The maximum absolute atomic E-state index is 12.6. The van der Waals surface area contributed by atoms with E-state index in [9.17, 15) is 4.79 Å². The van der Waals surface area contributed by atoms with Gasteiger partial charge in [0, 0.05) is 0 Å².